The number of benzene rings is 2. The van der Waals surface area contributed by atoms with Crippen LogP contribution in [0.25, 0.3) is 11.4 Å². The summed E-state index contributed by atoms with van der Waals surface area (Å²) in [5.41, 5.74) is 2.07. The van der Waals surface area contributed by atoms with Crippen molar-refractivity contribution in [3.63, 3.8) is 0 Å². The molecule has 8 heteroatoms. The lowest BCUT2D eigenvalue weighted by Crippen LogP contribution is -2.24. The average molecular weight is 341 g/mol. The molecule has 0 aliphatic rings. The number of nitrogens with one attached hydrogen (secondary N) is 2. The predicted octanol–water partition coefficient (Wildman–Crippen LogP) is 1.75. The first-order valence-electron chi connectivity index (χ1n) is 7.65. The van der Waals surface area contributed by atoms with Gasteiger partial charge in [-0.3, -0.25) is 4.79 Å². The van der Waals surface area contributed by atoms with Crippen LogP contribution in [0.3, 0.4) is 0 Å². The first-order chi connectivity index (χ1) is 12.1. The Kier molecular flexibility index (Phi) is 5.10. The van der Waals surface area contributed by atoms with Crippen LogP contribution in [0.2, 0.25) is 0 Å². The molecule has 0 fully saturated rings. The first-order valence-corrected chi connectivity index (χ1v) is 7.65. The van der Waals surface area contributed by atoms with Crippen molar-refractivity contribution in [3.05, 3.63) is 65.5 Å². The van der Waals surface area contributed by atoms with Gasteiger partial charge in [0.05, 0.1) is 12.5 Å². The number of aliphatic hydroxyl groups excluding tert-OH is 1. The van der Waals surface area contributed by atoms with Crippen LogP contribution in [-0.2, 0) is 11.3 Å². The molecule has 1 atom stereocenters. The highest BCUT2D eigenvalue weighted by atomic mass is 19.1. The van der Waals surface area contributed by atoms with Gasteiger partial charge >= 0.3 is 0 Å². The number of aliphatic hydroxyl groups is 1. The van der Waals surface area contributed by atoms with Crippen LogP contribution >= 0.6 is 0 Å². The van der Waals surface area contributed by atoms with Gasteiger partial charge in [0.2, 0.25) is 11.7 Å². The van der Waals surface area contributed by atoms with Crippen molar-refractivity contribution in [1.82, 2.24) is 25.9 Å². The summed E-state index contributed by atoms with van der Waals surface area (Å²) in [6.07, 6.45) is -1.18. The highest BCUT2D eigenvalue weighted by molar-refractivity contribution is 5.76. The third-order valence-corrected chi connectivity index (χ3v) is 3.66. The molecule has 7 nitrogen and oxygen atoms in total. The first kappa shape index (κ1) is 16.7. The lowest BCUT2D eigenvalue weighted by atomic mass is 10.1. The second kappa shape index (κ2) is 7.63. The number of aromatic amines is 1. The molecule has 0 spiro atoms. The smallest absolute Gasteiger partial charge is 0.223 e. The Morgan fingerprint density at radius 3 is 2.72 bits per heavy atom. The molecule has 3 rings (SSSR count). The summed E-state index contributed by atoms with van der Waals surface area (Å²) in [5, 5.41) is 26.4. The van der Waals surface area contributed by atoms with Gasteiger partial charge in [0, 0.05) is 12.1 Å². The van der Waals surface area contributed by atoms with Gasteiger partial charge in [-0.25, -0.2) is 4.39 Å². The monoisotopic (exact) mass is 341 g/mol. The fourth-order valence-electron chi connectivity index (χ4n) is 2.34. The van der Waals surface area contributed by atoms with Crippen molar-refractivity contribution >= 4 is 5.91 Å². The molecule has 1 amide bonds. The summed E-state index contributed by atoms with van der Waals surface area (Å²) >= 11 is 0. The van der Waals surface area contributed by atoms with Crippen molar-refractivity contribution in [1.29, 1.82) is 0 Å². The molecular formula is C17H16FN5O2. The number of halogens is 1. The fraction of sp³-hybridized carbons (Fsp3) is 0.176. The number of aromatic nitrogens is 4. The normalized spacial score (nSPS) is 11.9. The highest BCUT2D eigenvalue weighted by Gasteiger charge is 2.13. The molecule has 25 heavy (non-hydrogen) atoms. The summed E-state index contributed by atoms with van der Waals surface area (Å²) in [7, 11) is 0. The second-order valence-electron chi connectivity index (χ2n) is 5.48. The predicted molar refractivity (Wildman–Crippen MR) is 87.4 cm³/mol. The molecule has 0 saturated carbocycles. The average Bonchev–Trinajstić information content (AvgIpc) is 3.15. The summed E-state index contributed by atoms with van der Waals surface area (Å²) in [4.78, 5) is 11.9. The van der Waals surface area contributed by atoms with Crippen LogP contribution in [0.15, 0.2) is 48.5 Å². The van der Waals surface area contributed by atoms with E-state index in [0.29, 0.717) is 17.9 Å². The minimum atomic E-state index is -1.05. The van der Waals surface area contributed by atoms with Gasteiger partial charge in [-0.15, -0.1) is 10.2 Å². The number of rotatable bonds is 6. The molecule has 0 bridgehead atoms. The standard InChI is InChI=1S/C17H16FN5O2/c18-14-3-1-2-13(8-14)15(24)9-16(25)19-10-11-4-6-12(7-5-11)17-20-22-23-21-17/h1-8,15,24H,9-10H2,(H,19,25)(H,20,21,22,23). The zero-order valence-corrected chi connectivity index (χ0v) is 13.2. The molecule has 1 heterocycles. The Labute approximate surface area is 142 Å². The molecule has 3 N–H and O–H groups in total. The summed E-state index contributed by atoms with van der Waals surface area (Å²) in [5.74, 6) is -0.272. The molecule has 3 aromatic rings. The fourth-order valence-corrected chi connectivity index (χ4v) is 2.34. The van der Waals surface area contributed by atoms with E-state index in [1.165, 1.54) is 18.2 Å². The molecule has 1 aromatic heterocycles. The quantitative estimate of drug-likeness (QED) is 0.634. The summed E-state index contributed by atoms with van der Waals surface area (Å²) in [6.45, 7) is 0.321. The highest BCUT2D eigenvalue weighted by Crippen LogP contribution is 2.17. The number of tetrazole rings is 1. The van der Waals surface area contributed by atoms with Crippen molar-refractivity contribution < 1.29 is 14.3 Å². The number of carbonyl (C=O) groups excluding carboxylic acids is 1. The summed E-state index contributed by atoms with van der Waals surface area (Å²) in [6, 6.07) is 12.9. The van der Waals surface area contributed by atoms with E-state index in [1.807, 2.05) is 24.3 Å². The number of carbonyl (C=O) groups is 1. The molecule has 0 aliphatic carbocycles. The van der Waals surface area contributed by atoms with E-state index in [-0.39, 0.29) is 12.3 Å². The van der Waals surface area contributed by atoms with Gasteiger partial charge in [0.25, 0.3) is 0 Å². The van der Waals surface area contributed by atoms with Gasteiger partial charge < -0.3 is 10.4 Å². The molecule has 0 aliphatic heterocycles. The second-order valence-corrected chi connectivity index (χ2v) is 5.48. The van der Waals surface area contributed by atoms with E-state index in [0.717, 1.165) is 11.1 Å². The van der Waals surface area contributed by atoms with Gasteiger partial charge in [-0.05, 0) is 28.5 Å². The molecule has 1 unspecified atom stereocenters. The molecular weight excluding hydrogens is 325 g/mol. The lowest BCUT2D eigenvalue weighted by molar-refractivity contribution is -0.123. The van der Waals surface area contributed by atoms with Crippen LogP contribution in [0.1, 0.15) is 23.7 Å². The van der Waals surface area contributed by atoms with Crippen molar-refractivity contribution in [2.75, 3.05) is 0 Å². The minimum absolute atomic E-state index is 0.135. The van der Waals surface area contributed by atoms with Crippen LogP contribution in [0.5, 0.6) is 0 Å². The van der Waals surface area contributed by atoms with Crippen LogP contribution in [0, 0.1) is 5.82 Å². The van der Waals surface area contributed by atoms with Crippen molar-refractivity contribution in [2.45, 2.75) is 19.1 Å². The molecule has 0 saturated heterocycles. The molecule has 2 aromatic carbocycles. The lowest BCUT2D eigenvalue weighted by Gasteiger charge is -2.11. The van der Waals surface area contributed by atoms with Gasteiger partial charge in [0.15, 0.2) is 0 Å². The van der Waals surface area contributed by atoms with Gasteiger partial charge in [-0.1, -0.05) is 36.4 Å². The number of hydrogen-bond donors (Lipinski definition) is 3. The Hall–Kier alpha value is -3.13. The molecule has 0 radical (unpaired) electrons. The zero-order valence-electron chi connectivity index (χ0n) is 13.2. The zero-order chi connectivity index (χ0) is 17.6. The van der Waals surface area contributed by atoms with Crippen LogP contribution in [0.4, 0.5) is 4.39 Å². The van der Waals surface area contributed by atoms with Crippen LogP contribution in [-0.4, -0.2) is 31.6 Å². The minimum Gasteiger partial charge on any atom is -0.388 e. The largest absolute Gasteiger partial charge is 0.388 e. The Morgan fingerprint density at radius 2 is 2.04 bits per heavy atom. The van der Waals surface area contributed by atoms with Gasteiger partial charge in [0.1, 0.15) is 5.82 Å². The number of hydrogen-bond acceptors (Lipinski definition) is 5. The Balaban J connectivity index is 1.52. The number of amides is 1. The van der Waals surface area contributed by atoms with E-state index in [4.69, 9.17) is 0 Å². The number of H-pyrrole nitrogens is 1. The third-order valence-electron chi connectivity index (χ3n) is 3.66. The maximum atomic E-state index is 13.1. The van der Waals surface area contributed by atoms with E-state index < -0.39 is 11.9 Å². The van der Waals surface area contributed by atoms with Gasteiger partial charge in [-0.2, -0.15) is 5.21 Å². The van der Waals surface area contributed by atoms with Crippen molar-refractivity contribution in [3.8, 4) is 11.4 Å². The van der Waals surface area contributed by atoms with Crippen LogP contribution < -0.4 is 5.32 Å². The Bertz CT molecular complexity index is 837. The SMILES string of the molecule is O=C(CC(O)c1cccc(F)c1)NCc1ccc(-c2nn[nH]n2)cc1. The van der Waals surface area contributed by atoms with Crippen molar-refractivity contribution in [2.24, 2.45) is 0 Å². The van der Waals surface area contributed by atoms with E-state index >= 15 is 0 Å². The maximum absolute atomic E-state index is 13.1. The van der Waals surface area contributed by atoms with E-state index in [2.05, 4.69) is 25.9 Å². The van der Waals surface area contributed by atoms with E-state index in [9.17, 15) is 14.3 Å². The molecule has 128 valence electrons. The Morgan fingerprint density at radius 1 is 1.24 bits per heavy atom. The maximum Gasteiger partial charge on any atom is 0.223 e. The third kappa shape index (κ3) is 4.45. The van der Waals surface area contributed by atoms with E-state index in [1.54, 1.807) is 6.07 Å². The topological polar surface area (TPSA) is 104 Å². The summed E-state index contributed by atoms with van der Waals surface area (Å²) < 4.78 is 13.1. The number of nitrogens with zero attached hydrogens (tertiary/aromatic N) is 3.